The molecular formula is C14H12I2O. The molecule has 1 atom stereocenters. The quantitative estimate of drug-likeness (QED) is 0.697. The number of aliphatic hydroxyl groups is 1. The van der Waals surface area contributed by atoms with E-state index in [-0.39, 0.29) is 0 Å². The van der Waals surface area contributed by atoms with Crippen LogP contribution in [0.5, 0.6) is 0 Å². The molecule has 0 aliphatic rings. The molecule has 0 aromatic heterocycles. The molecule has 17 heavy (non-hydrogen) atoms. The van der Waals surface area contributed by atoms with Crippen molar-refractivity contribution in [1.82, 2.24) is 0 Å². The number of aliphatic hydroxyl groups excluding tert-OH is 1. The van der Waals surface area contributed by atoms with Gasteiger partial charge >= 0.3 is 0 Å². The third-order valence-electron chi connectivity index (χ3n) is 2.58. The summed E-state index contributed by atoms with van der Waals surface area (Å²) in [6.45, 7) is 0. The van der Waals surface area contributed by atoms with Gasteiger partial charge in [-0.15, -0.1) is 0 Å². The lowest BCUT2D eigenvalue weighted by Crippen LogP contribution is -2.01. The summed E-state index contributed by atoms with van der Waals surface area (Å²) < 4.78 is 2.37. The minimum Gasteiger partial charge on any atom is -0.388 e. The number of hydrogen-bond donors (Lipinski definition) is 1. The second-order valence-corrected chi connectivity index (χ2v) is 6.39. The average Bonchev–Trinajstić information content (AvgIpc) is 2.32. The van der Waals surface area contributed by atoms with Crippen LogP contribution in [0.15, 0.2) is 48.5 Å². The highest BCUT2D eigenvalue weighted by Crippen LogP contribution is 2.20. The first kappa shape index (κ1) is 13.3. The lowest BCUT2D eigenvalue weighted by Gasteiger charge is -2.11. The molecule has 0 fully saturated rings. The molecule has 3 heteroatoms. The summed E-state index contributed by atoms with van der Waals surface area (Å²) in [5.41, 5.74) is 2.15. The molecule has 2 aromatic carbocycles. The van der Waals surface area contributed by atoms with Crippen molar-refractivity contribution in [2.75, 3.05) is 0 Å². The van der Waals surface area contributed by atoms with Crippen molar-refractivity contribution in [3.8, 4) is 0 Å². The van der Waals surface area contributed by atoms with Crippen LogP contribution in [0.4, 0.5) is 0 Å². The van der Waals surface area contributed by atoms with E-state index in [1.165, 1.54) is 3.57 Å². The molecule has 2 aromatic rings. The van der Waals surface area contributed by atoms with E-state index < -0.39 is 6.10 Å². The van der Waals surface area contributed by atoms with Crippen molar-refractivity contribution in [2.45, 2.75) is 12.5 Å². The largest absolute Gasteiger partial charge is 0.388 e. The van der Waals surface area contributed by atoms with E-state index in [4.69, 9.17) is 0 Å². The Balaban J connectivity index is 2.11. The highest BCUT2D eigenvalue weighted by molar-refractivity contribution is 14.1. The Kier molecular flexibility index (Phi) is 4.81. The molecule has 0 radical (unpaired) electrons. The van der Waals surface area contributed by atoms with Crippen LogP contribution < -0.4 is 0 Å². The van der Waals surface area contributed by atoms with Crippen LogP contribution in [0.2, 0.25) is 0 Å². The van der Waals surface area contributed by atoms with E-state index in [0.717, 1.165) is 14.7 Å². The smallest absolute Gasteiger partial charge is 0.0830 e. The predicted octanol–water partition coefficient (Wildman–Crippen LogP) is 4.17. The SMILES string of the molecule is OC(Cc1ccc(I)cc1)c1cccc(I)c1. The van der Waals surface area contributed by atoms with Crippen molar-refractivity contribution in [2.24, 2.45) is 0 Å². The normalized spacial score (nSPS) is 12.4. The zero-order chi connectivity index (χ0) is 12.3. The Morgan fingerprint density at radius 3 is 2.29 bits per heavy atom. The Morgan fingerprint density at radius 2 is 1.65 bits per heavy atom. The molecule has 88 valence electrons. The van der Waals surface area contributed by atoms with Gasteiger partial charge in [-0.05, 0) is 80.6 Å². The fraction of sp³-hybridized carbons (Fsp3) is 0.143. The Morgan fingerprint density at radius 1 is 0.941 bits per heavy atom. The van der Waals surface area contributed by atoms with Gasteiger partial charge in [0, 0.05) is 13.6 Å². The lowest BCUT2D eigenvalue weighted by molar-refractivity contribution is 0.178. The highest BCUT2D eigenvalue weighted by Gasteiger charge is 2.08. The third-order valence-corrected chi connectivity index (χ3v) is 3.97. The molecule has 0 amide bonds. The maximum absolute atomic E-state index is 10.2. The van der Waals surface area contributed by atoms with E-state index in [1.54, 1.807) is 0 Å². The van der Waals surface area contributed by atoms with Gasteiger partial charge in [-0.2, -0.15) is 0 Å². The van der Waals surface area contributed by atoms with Crippen LogP contribution >= 0.6 is 45.2 Å². The Labute approximate surface area is 129 Å². The van der Waals surface area contributed by atoms with E-state index in [2.05, 4.69) is 69.4 Å². The number of hydrogen-bond acceptors (Lipinski definition) is 1. The lowest BCUT2D eigenvalue weighted by atomic mass is 10.0. The third kappa shape index (κ3) is 3.93. The minimum absolute atomic E-state index is 0.426. The zero-order valence-electron chi connectivity index (χ0n) is 9.11. The summed E-state index contributed by atoms with van der Waals surface area (Å²) in [6, 6.07) is 16.3. The van der Waals surface area contributed by atoms with Gasteiger partial charge in [0.25, 0.3) is 0 Å². The van der Waals surface area contributed by atoms with E-state index in [9.17, 15) is 5.11 Å². The molecular weight excluding hydrogens is 438 g/mol. The van der Waals surface area contributed by atoms with Crippen molar-refractivity contribution in [1.29, 1.82) is 0 Å². The van der Waals surface area contributed by atoms with Crippen LogP contribution in [0.1, 0.15) is 17.2 Å². The molecule has 1 unspecified atom stereocenters. The van der Waals surface area contributed by atoms with E-state index >= 15 is 0 Å². The van der Waals surface area contributed by atoms with Crippen LogP contribution in [-0.4, -0.2) is 5.11 Å². The van der Waals surface area contributed by atoms with Crippen molar-refractivity contribution in [3.63, 3.8) is 0 Å². The van der Waals surface area contributed by atoms with Crippen LogP contribution in [0.3, 0.4) is 0 Å². The van der Waals surface area contributed by atoms with Gasteiger partial charge in [-0.3, -0.25) is 0 Å². The molecule has 0 saturated carbocycles. The van der Waals surface area contributed by atoms with Gasteiger partial charge in [-0.25, -0.2) is 0 Å². The zero-order valence-corrected chi connectivity index (χ0v) is 13.4. The molecule has 1 nitrogen and oxygen atoms in total. The van der Waals surface area contributed by atoms with Crippen LogP contribution in [-0.2, 0) is 6.42 Å². The fourth-order valence-electron chi connectivity index (χ4n) is 1.68. The first-order valence-electron chi connectivity index (χ1n) is 5.33. The summed E-state index contributed by atoms with van der Waals surface area (Å²) in [4.78, 5) is 0. The maximum atomic E-state index is 10.2. The monoisotopic (exact) mass is 450 g/mol. The Hall–Kier alpha value is -0.140. The Bertz CT molecular complexity index is 494. The van der Waals surface area contributed by atoms with E-state index in [0.29, 0.717) is 6.42 Å². The van der Waals surface area contributed by atoms with Crippen LogP contribution in [0, 0.1) is 7.14 Å². The molecule has 0 spiro atoms. The maximum Gasteiger partial charge on any atom is 0.0830 e. The molecule has 0 saturated heterocycles. The molecule has 2 rings (SSSR count). The van der Waals surface area contributed by atoms with E-state index in [1.807, 2.05) is 24.3 Å². The second kappa shape index (κ2) is 6.15. The second-order valence-electron chi connectivity index (χ2n) is 3.90. The molecule has 0 bridgehead atoms. The molecule has 0 aliphatic heterocycles. The van der Waals surface area contributed by atoms with Crippen molar-refractivity contribution < 1.29 is 5.11 Å². The van der Waals surface area contributed by atoms with Crippen molar-refractivity contribution in [3.05, 3.63) is 66.8 Å². The summed E-state index contributed by atoms with van der Waals surface area (Å²) in [5.74, 6) is 0. The first-order chi connectivity index (χ1) is 8.15. The molecule has 0 heterocycles. The molecule has 0 aliphatic carbocycles. The summed E-state index contributed by atoms with van der Waals surface area (Å²) in [5, 5.41) is 10.2. The molecule has 1 N–H and O–H groups in total. The topological polar surface area (TPSA) is 20.2 Å². The minimum atomic E-state index is -0.426. The standard InChI is InChI=1S/C14H12I2O/c15-12-6-4-10(5-7-12)8-14(17)11-2-1-3-13(16)9-11/h1-7,9,14,17H,8H2. The fourth-order valence-corrected chi connectivity index (χ4v) is 2.60. The van der Waals surface area contributed by atoms with Gasteiger partial charge in [0.1, 0.15) is 0 Å². The summed E-state index contributed by atoms with van der Waals surface area (Å²) >= 11 is 4.54. The predicted molar refractivity (Wildman–Crippen MR) is 87.0 cm³/mol. The summed E-state index contributed by atoms with van der Waals surface area (Å²) in [7, 11) is 0. The van der Waals surface area contributed by atoms with Gasteiger partial charge in [0.15, 0.2) is 0 Å². The first-order valence-corrected chi connectivity index (χ1v) is 7.49. The number of benzene rings is 2. The van der Waals surface area contributed by atoms with Crippen LogP contribution in [0.25, 0.3) is 0 Å². The highest BCUT2D eigenvalue weighted by atomic mass is 127. The van der Waals surface area contributed by atoms with Crippen molar-refractivity contribution >= 4 is 45.2 Å². The number of halogens is 2. The van der Waals surface area contributed by atoms with Gasteiger partial charge in [0.2, 0.25) is 0 Å². The van der Waals surface area contributed by atoms with Gasteiger partial charge in [-0.1, -0.05) is 24.3 Å². The van der Waals surface area contributed by atoms with Gasteiger partial charge < -0.3 is 5.11 Å². The van der Waals surface area contributed by atoms with Gasteiger partial charge in [0.05, 0.1) is 6.10 Å². The summed E-state index contributed by atoms with van der Waals surface area (Å²) in [6.07, 6.45) is 0.238. The number of rotatable bonds is 3. The average molecular weight is 450 g/mol.